The second-order valence-electron chi connectivity index (χ2n) is 10.8. The molecule has 9 nitrogen and oxygen atoms in total. The zero-order chi connectivity index (χ0) is 32.4. The zero-order valence-corrected chi connectivity index (χ0v) is 24.5. The fourth-order valence-electron chi connectivity index (χ4n) is 5.61. The van der Waals surface area contributed by atoms with Crippen LogP contribution in [0.25, 0.3) is 22.3 Å². The molecule has 1 aliphatic heterocycles. The van der Waals surface area contributed by atoms with Gasteiger partial charge in [0.05, 0.1) is 52.7 Å². The molecule has 234 valence electrons. The van der Waals surface area contributed by atoms with Crippen LogP contribution in [0.15, 0.2) is 66.7 Å². The Morgan fingerprint density at radius 1 is 1.04 bits per heavy atom. The van der Waals surface area contributed by atoms with Crippen LogP contribution in [-0.4, -0.2) is 52.0 Å². The summed E-state index contributed by atoms with van der Waals surface area (Å²) in [6.07, 6.45) is 0.227. The molecule has 0 aliphatic carbocycles. The molecule has 3 heterocycles. The van der Waals surface area contributed by atoms with Crippen LogP contribution in [0, 0.1) is 28.8 Å². The first-order chi connectivity index (χ1) is 22.2. The highest BCUT2D eigenvalue weighted by atomic mass is 19.1. The van der Waals surface area contributed by atoms with E-state index in [1.54, 1.807) is 23.8 Å². The lowest BCUT2D eigenvalue weighted by atomic mass is 10.0. The number of aromatic nitrogens is 3. The Morgan fingerprint density at radius 3 is 2.63 bits per heavy atom. The van der Waals surface area contributed by atoms with Gasteiger partial charge in [-0.2, -0.15) is 5.26 Å². The average molecular weight is 629 g/mol. The minimum atomic E-state index is -1.10. The van der Waals surface area contributed by atoms with E-state index in [-0.39, 0.29) is 71.2 Å². The maximum atomic E-state index is 15.7. The number of aromatic carboxylic acids is 1. The Kier molecular flexibility index (Phi) is 8.70. The highest BCUT2D eigenvalue weighted by Gasteiger charge is 2.31. The molecule has 5 aromatic rings. The van der Waals surface area contributed by atoms with Crippen LogP contribution < -0.4 is 4.74 Å². The van der Waals surface area contributed by atoms with Crippen LogP contribution in [0.2, 0.25) is 0 Å². The van der Waals surface area contributed by atoms with E-state index in [2.05, 4.69) is 9.97 Å². The number of imidazole rings is 1. The van der Waals surface area contributed by atoms with Crippen molar-refractivity contribution >= 4 is 17.0 Å². The first kappa shape index (κ1) is 30.8. The minimum Gasteiger partial charge on any atom is -0.478 e. The van der Waals surface area contributed by atoms with Crippen LogP contribution in [0.3, 0.4) is 0 Å². The number of ether oxygens (including phenoxy) is 3. The zero-order valence-electron chi connectivity index (χ0n) is 24.5. The second-order valence-corrected chi connectivity index (χ2v) is 10.8. The second kappa shape index (κ2) is 13.0. The average Bonchev–Trinajstić information content (AvgIpc) is 3.42. The number of halogens is 3. The number of carboxylic acid groups (broad SMARTS) is 1. The molecule has 2 atom stereocenters. The van der Waals surface area contributed by atoms with Crippen molar-refractivity contribution in [1.29, 1.82) is 5.26 Å². The van der Waals surface area contributed by atoms with Crippen molar-refractivity contribution in [3.05, 3.63) is 112 Å². The summed E-state index contributed by atoms with van der Waals surface area (Å²) in [4.78, 5) is 20.7. The lowest BCUT2D eigenvalue weighted by Gasteiger charge is -2.33. The predicted molar refractivity (Wildman–Crippen MR) is 160 cm³/mol. The third-order valence-corrected chi connectivity index (χ3v) is 7.95. The monoisotopic (exact) mass is 628 g/mol. The molecule has 0 bridgehead atoms. The molecule has 1 saturated heterocycles. The Hall–Kier alpha value is -5.25. The Bertz CT molecular complexity index is 1990. The van der Waals surface area contributed by atoms with Crippen molar-refractivity contribution < 1.29 is 37.3 Å². The molecule has 6 rings (SSSR count). The predicted octanol–water partition coefficient (Wildman–Crippen LogP) is 6.23. The molecule has 1 N–H and O–H groups in total. The Morgan fingerprint density at radius 2 is 1.87 bits per heavy atom. The van der Waals surface area contributed by atoms with E-state index in [4.69, 9.17) is 19.5 Å². The van der Waals surface area contributed by atoms with Gasteiger partial charge >= 0.3 is 5.97 Å². The van der Waals surface area contributed by atoms with Crippen molar-refractivity contribution in [2.45, 2.75) is 31.6 Å². The van der Waals surface area contributed by atoms with Crippen LogP contribution in [-0.2, 0) is 22.5 Å². The lowest BCUT2D eigenvalue weighted by molar-refractivity contribution is -0.0492. The van der Waals surface area contributed by atoms with Crippen LogP contribution in [0.5, 0.6) is 5.88 Å². The maximum Gasteiger partial charge on any atom is 0.335 e. The smallest absolute Gasteiger partial charge is 0.335 e. The number of rotatable bonds is 9. The van der Waals surface area contributed by atoms with Gasteiger partial charge in [-0.3, -0.25) is 0 Å². The molecule has 0 unspecified atom stereocenters. The summed E-state index contributed by atoms with van der Waals surface area (Å²) in [5.41, 5.74) is 1.50. The van der Waals surface area contributed by atoms with E-state index in [1.807, 2.05) is 6.07 Å². The molecule has 12 heteroatoms. The fraction of sp³-hybridized carbons (Fsp3) is 0.235. The number of nitriles is 1. The molecule has 0 amide bonds. The highest BCUT2D eigenvalue weighted by molar-refractivity contribution is 5.92. The van der Waals surface area contributed by atoms with Gasteiger partial charge in [-0.25, -0.2) is 27.9 Å². The summed E-state index contributed by atoms with van der Waals surface area (Å²) in [7, 11) is 1.58. The van der Waals surface area contributed by atoms with E-state index in [9.17, 15) is 14.3 Å². The van der Waals surface area contributed by atoms with Gasteiger partial charge in [0.15, 0.2) is 0 Å². The van der Waals surface area contributed by atoms with Crippen molar-refractivity contribution in [1.82, 2.24) is 14.5 Å². The van der Waals surface area contributed by atoms with Gasteiger partial charge in [0, 0.05) is 37.3 Å². The summed E-state index contributed by atoms with van der Waals surface area (Å²) < 4.78 is 64.4. The number of methoxy groups -OCH3 is 1. The number of pyridine rings is 1. The van der Waals surface area contributed by atoms with Gasteiger partial charge in [0.25, 0.3) is 0 Å². The summed E-state index contributed by atoms with van der Waals surface area (Å²) >= 11 is 0. The van der Waals surface area contributed by atoms with Gasteiger partial charge < -0.3 is 23.9 Å². The molecule has 0 saturated carbocycles. The van der Waals surface area contributed by atoms with E-state index in [0.29, 0.717) is 29.9 Å². The molecule has 2 aromatic heterocycles. The summed E-state index contributed by atoms with van der Waals surface area (Å²) in [6.45, 7) is 0.575. The molecular weight excluding hydrogens is 601 g/mol. The first-order valence-corrected chi connectivity index (χ1v) is 14.4. The standard InChI is InChI=1S/C34H27F3N4O5/c1-44-31-9-10-45-18-30(31)41-29-13-20(34(42)43)7-8-28(29)39-32(41)14-22-12-26(37)23(15-25(22)36)27-3-2-4-33(40-27)46-17-21-6-5-19(16-38)11-24(21)35/h2-8,11-13,15,30-31H,9-10,14,17-18H2,1H3,(H,42,43)/t30-,31+/m0/s1. The quantitative estimate of drug-likeness (QED) is 0.204. The minimum absolute atomic E-state index is 0.0330. The van der Waals surface area contributed by atoms with E-state index in [1.165, 1.54) is 36.4 Å². The van der Waals surface area contributed by atoms with Gasteiger partial charge in [-0.05, 0) is 60.5 Å². The number of carboxylic acids is 1. The third-order valence-electron chi connectivity index (χ3n) is 7.95. The van der Waals surface area contributed by atoms with Crippen LogP contribution in [0.4, 0.5) is 13.2 Å². The molecule has 1 fully saturated rings. The molecule has 0 spiro atoms. The van der Waals surface area contributed by atoms with Crippen molar-refractivity contribution in [2.24, 2.45) is 0 Å². The first-order valence-electron chi connectivity index (χ1n) is 14.4. The van der Waals surface area contributed by atoms with Gasteiger partial charge in [0.1, 0.15) is 29.9 Å². The van der Waals surface area contributed by atoms with Gasteiger partial charge in [-0.1, -0.05) is 12.1 Å². The van der Waals surface area contributed by atoms with E-state index < -0.39 is 23.4 Å². The molecule has 1 aliphatic rings. The lowest BCUT2D eigenvalue weighted by Crippen LogP contribution is -2.36. The summed E-state index contributed by atoms with van der Waals surface area (Å²) in [5.74, 6) is -2.68. The van der Waals surface area contributed by atoms with Crippen molar-refractivity contribution in [2.75, 3.05) is 20.3 Å². The van der Waals surface area contributed by atoms with Crippen molar-refractivity contribution in [3.63, 3.8) is 0 Å². The molecule has 46 heavy (non-hydrogen) atoms. The summed E-state index contributed by atoms with van der Waals surface area (Å²) in [6, 6.07) is 16.7. The number of hydrogen-bond acceptors (Lipinski definition) is 7. The van der Waals surface area contributed by atoms with Gasteiger partial charge in [0.2, 0.25) is 5.88 Å². The van der Waals surface area contributed by atoms with E-state index in [0.717, 1.165) is 18.2 Å². The largest absolute Gasteiger partial charge is 0.478 e. The van der Waals surface area contributed by atoms with Crippen molar-refractivity contribution in [3.8, 4) is 23.2 Å². The normalized spacial score (nSPS) is 16.3. The topological polar surface area (TPSA) is 119 Å². The number of carbonyl (C=O) groups is 1. The fourth-order valence-corrected chi connectivity index (χ4v) is 5.61. The number of hydrogen-bond donors (Lipinski definition) is 1. The van der Waals surface area contributed by atoms with Crippen LogP contribution in [0.1, 0.15) is 45.3 Å². The maximum absolute atomic E-state index is 15.7. The molecule has 0 radical (unpaired) electrons. The molecular formula is C34H27F3N4O5. The molecule has 3 aromatic carbocycles. The Labute approximate surface area is 261 Å². The SMILES string of the molecule is CO[C@@H]1CCOC[C@@H]1n1c(Cc2cc(F)c(-c3cccc(OCc4ccc(C#N)cc4F)n3)cc2F)nc2ccc(C(=O)O)cc21. The summed E-state index contributed by atoms with van der Waals surface area (Å²) in [5, 5.41) is 18.5. The highest BCUT2D eigenvalue weighted by Crippen LogP contribution is 2.32. The number of benzene rings is 3. The number of nitrogens with zero attached hydrogens (tertiary/aromatic N) is 4. The third kappa shape index (κ3) is 6.15. The Balaban J connectivity index is 1.30. The van der Waals surface area contributed by atoms with Gasteiger partial charge in [-0.15, -0.1) is 0 Å². The van der Waals surface area contributed by atoms with Crippen LogP contribution >= 0.6 is 0 Å². The number of fused-ring (bicyclic) bond motifs is 1. The van der Waals surface area contributed by atoms with E-state index >= 15 is 8.78 Å².